The molecule has 0 saturated heterocycles. The fourth-order valence-corrected chi connectivity index (χ4v) is 4.14. The fourth-order valence-electron chi connectivity index (χ4n) is 3.36. The summed E-state index contributed by atoms with van der Waals surface area (Å²) in [4.78, 5) is 29.2. The van der Waals surface area contributed by atoms with Gasteiger partial charge in [0, 0.05) is 18.0 Å². The van der Waals surface area contributed by atoms with Crippen LogP contribution < -0.4 is 5.32 Å². The summed E-state index contributed by atoms with van der Waals surface area (Å²) in [6.45, 7) is 4.13. The first-order chi connectivity index (χ1) is 16.1. The van der Waals surface area contributed by atoms with Gasteiger partial charge in [-0.1, -0.05) is 55.1 Å². The van der Waals surface area contributed by atoms with Crippen LogP contribution in [0.1, 0.15) is 29.8 Å². The van der Waals surface area contributed by atoms with Crippen molar-refractivity contribution >= 4 is 34.8 Å². The second-order valence-corrected chi connectivity index (χ2v) is 8.21. The molecule has 8 heteroatoms. The van der Waals surface area contributed by atoms with E-state index in [-0.39, 0.29) is 18.3 Å². The Morgan fingerprint density at radius 3 is 2.64 bits per heavy atom. The number of benzene rings is 2. The first-order valence-corrected chi connectivity index (χ1v) is 11.7. The van der Waals surface area contributed by atoms with Gasteiger partial charge >= 0.3 is 5.97 Å². The number of nitrogens with one attached hydrogen (secondary N) is 1. The molecule has 4 rings (SSSR count). The Morgan fingerprint density at radius 2 is 1.88 bits per heavy atom. The molecule has 2 aromatic heterocycles. The quantitative estimate of drug-likeness (QED) is 0.298. The van der Waals surface area contributed by atoms with Gasteiger partial charge in [0.25, 0.3) is 0 Å². The third kappa shape index (κ3) is 5.23. The van der Waals surface area contributed by atoms with Gasteiger partial charge < -0.3 is 10.1 Å². The van der Waals surface area contributed by atoms with E-state index in [2.05, 4.69) is 46.6 Å². The highest BCUT2D eigenvalue weighted by molar-refractivity contribution is 8.00. The monoisotopic (exact) mass is 460 g/mol. The number of ether oxygens (including phenoxy) is 1. The van der Waals surface area contributed by atoms with Crippen LogP contribution in [0.4, 0.5) is 5.69 Å². The van der Waals surface area contributed by atoms with E-state index in [4.69, 9.17) is 4.74 Å². The molecule has 0 unspecified atom stereocenters. The summed E-state index contributed by atoms with van der Waals surface area (Å²) < 4.78 is 6.83. The van der Waals surface area contributed by atoms with Crippen molar-refractivity contribution in [2.24, 2.45) is 0 Å². The molecule has 1 amide bonds. The molecule has 0 bridgehead atoms. The topological polar surface area (TPSA) is 85.6 Å². The molecule has 33 heavy (non-hydrogen) atoms. The van der Waals surface area contributed by atoms with Crippen molar-refractivity contribution < 1.29 is 14.3 Å². The summed E-state index contributed by atoms with van der Waals surface area (Å²) in [5.74, 6) is -0.572. The van der Waals surface area contributed by atoms with Crippen molar-refractivity contribution in [2.75, 3.05) is 17.7 Å². The second kappa shape index (κ2) is 10.3. The van der Waals surface area contributed by atoms with Crippen LogP contribution in [0.25, 0.3) is 16.8 Å². The zero-order chi connectivity index (χ0) is 23.2. The molecule has 2 heterocycles. The van der Waals surface area contributed by atoms with Crippen LogP contribution in [-0.4, -0.2) is 38.8 Å². The fraction of sp³-hybridized carbons (Fsp3) is 0.200. The van der Waals surface area contributed by atoms with E-state index in [1.807, 2.05) is 6.07 Å². The lowest BCUT2D eigenvalue weighted by Crippen LogP contribution is -2.17. The molecule has 0 aliphatic heterocycles. The lowest BCUT2D eigenvalue weighted by molar-refractivity contribution is -0.113. The van der Waals surface area contributed by atoms with Gasteiger partial charge in [-0.2, -0.15) is 5.10 Å². The van der Waals surface area contributed by atoms with Crippen LogP contribution in [0.2, 0.25) is 0 Å². The number of anilines is 1. The van der Waals surface area contributed by atoms with Crippen LogP contribution in [0, 0.1) is 0 Å². The molecule has 0 radical (unpaired) electrons. The van der Waals surface area contributed by atoms with E-state index in [1.54, 1.807) is 48.1 Å². The number of nitrogens with zero attached hydrogens (tertiary/aromatic N) is 3. The van der Waals surface area contributed by atoms with E-state index in [1.165, 1.54) is 17.3 Å². The van der Waals surface area contributed by atoms with Crippen molar-refractivity contribution in [1.82, 2.24) is 14.6 Å². The second-order valence-electron chi connectivity index (χ2n) is 7.25. The number of para-hydroxylation sites is 1. The van der Waals surface area contributed by atoms with Crippen molar-refractivity contribution in [3.05, 3.63) is 78.1 Å². The Hall–Kier alpha value is -3.65. The zero-order valence-electron chi connectivity index (χ0n) is 18.4. The van der Waals surface area contributed by atoms with Gasteiger partial charge in [-0.15, -0.1) is 0 Å². The molecule has 2 aromatic carbocycles. The summed E-state index contributed by atoms with van der Waals surface area (Å²) >= 11 is 1.32. The number of hydrogen-bond donors (Lipinski definition) is 1. The molecule has 7 nitrogen and oxygen atoms in total. The summed E-state index contributed by atoms with van der Waals surface area (Å²) in [6.07, 6.45) is 4.45. The summed E-state index contributed by atoms with van der Waals surface area (Å²) in [5.41, 5.74) is 4.73. The molecule has 0 aliphatic carbocycles. The Bertz CT molecular complexity index is 1280. The molecular weight excluding hydrogens is 436 g/mol. The predicted molar refractivity (Wildman–Crippen MR) is 130 cm³/mol. The number of carbonyl (C=O) groups excluding carboxylic acids is 2. The minimum absolute atomic E-state index is 0.134. The number of amides is 1. The molecule has 168 valence electrons. The van der Waals surface area contributed by atoms with Crippen molar-refractivity contribution in [2.45, 2.75) is 25.3 Å². The average molecular weight is 461 g/mol. The predicted octanol–water partition coefficient (Wildman–Crippen LogP) is 4.87. The number of carbonyl (C=O) groups is 2. The van der Waals surface area contributed by atoms with Crippen molar-refractivity contribution in [1.29, 1.82) is 0 Å². The van der Waals surface area contributed by atoms with E-state index < -0.39 is 5.97 Å². The maximum atomic E-state index is 12.6. The maximum Gasteiger partial charge on any atom is 0.340 e. The van der Waals surface area contributed by atoms with Crippen LogP contribution in [0.3, 0.4) is 0 Å². The number of aromatic nitrogens is 3. The summed E-state index contributed by atoms with van der Waals surface area (Å²) in [5, 5.41) is 8.16. The maximum absolute atomic E-state index is 12.6. The Kier molecular flexibility index (Phi) is 7.04. The first kappa shape index (κ1) is 22.5. The number of hydrogen-bond acceptors (Lipinski definition) is 6. The molecule has 1 N–H and O–H groups in total. The van der Waals surface area contributed by atoms with Crippen LogP contribution in [-0.2, 0) is 16.0 Å². The average Bonchev–Trinajstić information content (AvgIpc) is 3.28. The largest absolute Gasteiger partial charge is 0.462 e. The van der Waals surface area contributed by atoms with Crippen LogP contribution in [0.15, 0.2) is 72.0 Å². The highest BCUT2D eigenvalue weighted by atomic mass is 32.2. The summed E-state index contributed by atoms with van der Waals surface area (Å²) in [7, 11) is 0. The number of esters is 1. The van der Waals surface area contributed by atoms with Gasteiger partial charge in [0.1, 0.15) is 5.03 Å². The highest BCUT2D eigenvalue weighted by Crippen LogP contribution is 2.26. The molecule has 0 saturated carbocycles. The lowest BCUT2D eigenvalue weighted by atomic mass is 10.1. The third-order valence-corrected chi connectivity index (χ3v) is 6.04. The number of fused-ring (bicyclic) bond motifs is 1. The Labute approximate surface area is 196 Å². The van der Waals surface area contributed by atoms with Crippen molar-refractivity contribution in [3.8, 4) is 11.3 Å². The highest BCUT2D eigenvalue weighted by Gasteiger charge is 2.15. The SMILES string of the molecule is CCOC(=O)c1ccccc1NC(=O)CSc1nccn2nc(-c3ccc(CC)cc3)cc12. The van der Waals surface area contributed by atoms with E-state index in [0.29, 0.717) is 16.3 Å². The first-order valence-electron chi connectivity index (χ1n) is 10.7. The van der Waals surface area contributed by atoms with Gasteiger partial charge in [-0.25, -0.2) is 14.3 Å². The minimum Gasteiger partial charge on any atom is -0.462 e. The Balaban J connectivity index is 1.48. The minimum atomic E-state index is -0.466. The molecule has 0 atom stereocenters. The van der Waals surface area contributed by atoms with Crippen LogP contribution >= 0.6 is 11.8 Å². The normalized spacial score (nSPS) is 10.8. The lowest BCUT2D eigenvalue weighted by Gasteiger charge is -2.10. The molecule has 4 aromatic rings. The summed E-state index contributed by atoms with van der Waals surface area (Å²) in [6, 6.07) is 17.1. The van der Waals surface area contributed by atoms with Gasteiger partial charge in [0.2, 0.25) is 5.91 Å². The van der Waals surface area contributed by atoms with Gasteiger partial charge in [-0.05, 0) is 37.1 Å². The van der Waals surface area contributed by atoms with Crippen LogP contribution in [0.5, 0.6) is 0 Å². The third-order valence-electron chi connectivity index (χ3n) is 5.05. The van der Waals surface area contributed by atoms with Gasteiger partial charge in [-0.3, -0.25) is 4.79 Å². The van der Waals surface area contributed by atoms with Gasteiger partial charge in [0.05, 0.1) is 34.8 Å². The molecular formula is C25H24N4O3S. The van der Waals surface area contributed by atoms with E-state index in [0.717, 1.165) is 23.2 Å². The Morgan fingerprint density at radius 1 is 1.09 bits per heavy atom. The zero-order valence-corrected chi connectivity index (χ0v) is 19.3. The number of aryl methyl sites for hydroxylation is 1. The van der Waals surface area contributed by atoms with Crippen molar-refractivity contribution in [3.63, 3.8) is 0 Å². The van der Waals surface area contributed by atoms with Gasteiger partial charge in [0.15, 0.2) is 0 Å². The molecule has 0 fully saturated rings. The number of thioether (sulfide) groups is 1. The van der Waals surface area contributed by atoms with E-state index >= 15 is 0 Å². The smallest absolute Gasteiger partial charge is 0.340 e. The number of rotatable bonds is 8. The van der Waals surface area contributed by atoms with E-state index in [9.17, 15) is 9.59 Å². The molecule has 0 aliphatic rings. The molecule has 0 spiro atoms. The standard InChI is InChI=1S/C25H24N4O3S/c1-3-17-9-11-18(12-10-17)21-15-22-24(26-13-14-29(22)28-21)33-16-23(30)27-20-8-6-5-7-19(20)25(31)32-4-2/h5-15H,3-4,16H2,1-2H3,(H,27,30).